The lowest BCUT2D eigenvalue weighted by Crippen LogP contribution is -2.31. The number of aromatic amines is 1. The number of rotatable bonds is 6. The highest BCUT2D eigenvalue weighted by Gasteiger charge is 2.17. The van der Waals surface area contributed by atoms with Gasteiger partial charge in [-0.25, -0.2) is 4.68 Å². The topological polar surface area (TPSA) is 114 Å². The second-order valence-electron chi connectivity index (χ2n) is 6.00. The summed E-state index contributed by atoms with van der Waals surface area (Å²) in [5.74, 6) is -0.226. The van der Waals surface area contributed by atoms with E-state index in [1.165, 1.54) is 12.1 Å². The molecule has 0 aliphatic heterocycles. The zero-order valence-corrected chi connectivity index (χ0v) is 17.0. The molecular formula is C20H16BrN3O5. The zero-order chi connectivity index (χ0) is 21.0. The van der Waals surface area contributed by atoms with Crippen molar-refractivity contribution in [2.75, 3.05) is 6.61 Å². The lowest BCUT2D eigenvalue weighted by Gasteiger charge is -2.13. The van der Waals surface area contributed by atoms with Gasteiger partial charge >= 0.3 is 5.97 Å². The normalized spacial score (nSPS) is 10.5. The van der Waals surface area contributed by atoms with Crippen molar-refractivity contribution in [1.29, 1.82) is 5.26 Å². The summed E-state index contributed by atoms with van der Waals surface area (Å²) in [6.45, 7) is 2.02. The lowest BCUT2D eigenvalue weighted by molar-refractivity contribution is -0.134. The molecule has 0 unspecified atom stereocenters. The molecule has 1 aromatic heterocycles. The van der Waals surface area contributed by atoms with Crippen molar-refractivity contribution in [2.24, 2.45) is 0 Å². The Balaban J connectivity index is 1.80. The SMILES string of the molecule is CCOc1cc(C#N)cc(Br)c1OC(=O)CCn1[nH]c(=O)c2ccccc2c1=O. The summed E-state index contributed by atoms with van der Waals surface area (Å²) in [5, 5.41) is 12.1. The second kappa shape index (κ2) is 8.75. The Kier molecular flexibility index (Phi) is 6.14. The minimum Gasteiger partial charge on any atom is -0.490 e. The van der Waals surface area contributed by atoms with Gasteiger partial charge in [0.25, 0.3) is 11.1 Å². The molecule has 0 saturated heterocycles. The monoisotopic (exact) mass is 457 g/mol. The molecule has 8 nitrogen and oxygen atoms in total. The van der Waals surface area contributed by atoms with Gasteiger partial charge in [-0.2, -0.15) is 5.26 Å². The number of benzene rings is 2. The Labute approximate surface area is 173 Å². The van der Waals surface area contributed by atoms with Gasteiger partial charge in [0.1, 0.15) is 0 Å². The van der Waals surface area contributed by atoms with Gasteiger partial charge in [-0.15, -0.1) is 0 Å². The first-order valence-corrected chi connectivity index (χ1v) is 9.53. The van der Waals surface area contributed by atoms with Crippen LogP contribution in [-0.2, 0) is 11.3 Å². The van der Waals surface area contributed by atoms with Crippen molar-refractivity contribution < 1.29 is 14.3 Å². The number of esters is 1. The summed E-state index contributed by atoms with van der Waals surface area (Å²) in [5.41, 5.74) is -0.468. The van der Waals surface area contributed by atoms with Gasteiger partial charge in [-0.3, -0.25) is 19.5 Å². The van der Waals surface area contributed by atoms with Crippen LogP contribution in [0.25, 0.3) is 10.8 Å². The van der Waals surface area contributed by atoms with E-state index >= 15 is 0 Å². The molecule has 2 aromatic carbocycles. The van der Waals surface area contributed by atoms with Crippen molar-refractivity contribution in [2.45, 2.75) is 19.9 Å². The maximum absolute atomic E-state index is 12.5. The van der Waals surface area contributed by atoms with Crippen LogP contribution in [0.4, 0.5) is 0 Å². The average molecular weight is 458 g/mol. The fourth-order valence-corrected chi connectivity index (χ4v) is 3.29. The molecular weight excluding hydrogens is 442 g/mol. The molecule has 0 aliphatic rings. The van der Waals surface area contributed by atoms with Crippen molar-refractivity contribution >= 4 is 32.7 Å². The quantitative estimate of drug-likeness (QED) is 0.449. The first-order valence-electron chi connectivity index (χ1n) is 8.73. The van der Waals surface area contributed by atoms with Gasteiger partial charge in [0, 0.05) is 6.07 Å². The number of hydrogen-bond acceptors (Lipinski definition) is 6. The molecule has 3 aromatic rings. The summed E-state index contributed by atoms with van der Waals surface area (Å²) >= 11 is 3.27. The zero-order valence-electron chi connectivity index (χ0n) is 15.4. The fourth-order valence-electron chi connectivity index (χ4n) is 2.77. The third-order valence-electron chi connectivity index (χ3n) is 4.08. The number of aryl methyl sites for hydroxylation is 1. The predicted octanol–water partition coefficient (Wildman–Crippen LogP) is 2.72. The highest BCUT2D eigenvalue weighted by atomic mass is 79.9. The molecule has 0 fully saturated rings. The van der Waals surface area contributed by atoms with Gasteiger partial charge < -0.3 is 9.47 Å². The predicted molar refractivity (Wildman–Crippen MR) is 109 cm³/mol. The molecule has 0 spiro atoms. The molecule has 0 atom stereocenters. The molecule has 0 amide bonds. The van der Waals surface area contributed by atoms with Crippen LogP contribution in [0.15, 0.2) is 50.5 Å². The highest BCUT2D eigenvalue weighted by Crippen LogP contribution is 2.37. The molecule has 9 heteroatoms. The number of carbonyl (C=O) groups excluding carboxylic acids is 1. The van der Waals surface area contributed by atoms with Gasteiger partial charge in [-0.1, -0.05) is 12.1 Å². The third-order valence-corrected chi connectivity index (χ3v) is 4.67. The number of H-pyrrole nitrogens is 1. The summed E-state index contributed by atoms with van der Waals surface area (Å²) in [7, 11) is 0. The first kappa shape index (κ1) is 20.4. The van der Waals surface area contributed by atoms with Crippen molar-refractivity contribution in [3.05, 3.63) is 67.1 Å². The maximum Gasteiger partial charge on any atom is 0.313 e. The molecule has 148 valence electrons. The Hall–Kier alpha value is -3.38. The van der Waals surface area contributed by atoms with Crippen molar-refractivity contribution in [3.8, 4) is 17.6 Å². The number of nitriles is 1. The average Bonchev–Trinajstić information content (AvgIpc) is 2.72. The van der Waals surface area contributed by atoms with Crippen LogP contribution in [0.2, 0.25) is 0 Å². The van der Waals surface area contributed by atoms with Crippen LogP contribution in [0, 0.1) is 11.3 Å². The third kappa shape index (κ3) is 4.38. The van der Waals surface area contributed by atoms with Crippen LogP contribution in [0.5, 0.6) is 11.5 Å². The Bertz CT molecular complexity index is 1240. The van der Waals surface area contributed by atoms with Crippen molar-refractivity contribution in [1.82, 2.24) is 9.78 Å². The minimum atomic E-state index is -0.628. The van der Waals surface area contributed by atoms with Crippen LogP contribution in [-0.4, -0.2) is 22.4 Å². The molecule has 1 N–H and O–H groups in total. The summed E-state index contributed by atoms with van der Waals surface area (Å²) in [6, 6.07) is 11.4. The van der Waals surface area contributed by atoms with Gasteiger partial charge in [0.2, 0.25) is 0 Å². The van der Waals surface area contributed by atoms with Crippen LogP contribution in [0.1, 0.15) is 18.9 Å². The second-order valence-corrected chi connectivity index (χ2v) is 6.85. The molecule has 0 radical (unpaired) electrons. The maximum atomic E-state index is 12.5. The Morgan fingerprint density at radius 3 is 2.66 bits per heavy atom. The van der Waals surface area contributed by atoms with E-state index in [1.54, 1.807) is 31.2 Å². The Morgan fingerprint density at radius 1 is 1.24 bits per heavy atom. The lowest BCUT2D eigenvalue weighted by atomic mass is 10.2. The molecule has 3 rings (SSSR count). The first-order chi connectivity index (χ1) is 13.9. The highest BCUT2D eigenvalue weighted by molar-refractivity contribution is 9.10. The minimum absolute atomic E-state index is 0.0599. The standard InChI is InChI=1S/C20H16BrN3O5/c1-2-28-16-10-12(11-22)9-15(21)18(16)29-17(25)7-8-24-20(27)14-6-4-3-5-13(14)19(26)23-24/h3-6,9-10H,2,7-8H2,1H3,(H,23,26). The number of halogens is 1. The molecule has 0 bridgehead atoms. The molecule has 0 saturated carbocycles. The van der Waals surface area contributed by atoms with Gasteiger partial charge in [0.15, 0.2) is 11.5 Å². The number of nitrogens with zero attached hydrogens (tertiary/aromatic N) is 2. The number of ether oxygens (including phenoxy) is 2. The number of fused-ring (bicyclic) bond motifs is 1. The van der Waals surface area contributed by atoms with Crippen LogP contribution < -0.4 is 20.6 Å². The van der Waals surface area contributed by atoms with E-state index in [-0.39, 0.29) is 29.9 Å². The van der Waals surface area contributed by atoms with Crippen LogP contribution >= 0.6 is 15.9 Å². The van der Waals surface area contributed by atoms with Crippen LogP contribution in [0.3, 0.4) is 0 Å². The molecule has 0 aliphatic carbocycles. The number of carbonyl (C=O) groups is 1. The van der Waals surface area contributed by atoms with E-state index in [0.29, 0.717) is 22.0 Å². The summed E-state index contributed by atoms with van der Waals surface area (Å²) in [4.78, 5) is 37.0. The van der Waals surface area contributed by atoms with Gasteiger partial charge in [0.05, 0.1) is 46.5 Å². The van der Waals surface area contributed by atoms with E-state index in [4.69, 9.17) is 14.7 Å². The van der Waals surface area contributed by atoms with Gasteiger partial charge in [-0.05, 0) is 41.1 Å². The van der Waals surface area contributed by atoms with E-state index in [2.05, 4.69) is 21.0 Å². The molecule has 29 heavy (non-hydrogen) atoms. The Morgan fingerprint density at radius 2 is 1.97 bits per heavy atom. The fraction of sp³-hybridized carbons (Fsp3) is 0.200. The summed E-state index contributed by atoms with van der Waals surface area (Å²) < 4.78 is 12.3. The number of nitrogens with one attached hydrogen (secondary N) is 1. The van der Waals surface area contributed by atoms with E-state index in [9.17, 15) is 14.4 Å². The molecule has 1 heterocycles. The van der Waals surface area contributed by atoms with E-state index in [1.807, 2.05) is 6.07 Å². The van der Waals surface area contributed by atoms with Crippen molar-refractivity contribution in [3.63, 3.8) is 0 Å². The largest absolute Gasteiger partial charge is 0.490 e. The van der Waals surface area contributed by atoms with E-state index < -0.39 is 17.1 Å². The number of aromatic nitrogens is 2. The smallest absolute Gasteiger partial charge is 0.313 e. The number of hydrogen-bond donors (Lipinski definition) is 1. The van der Waals surface area contributed by atoms with E-state index in [0.717, 1.165) is 4.68 Å². The summed E-state index contributed by atoms with van der Waals surface area (Å²) in [6.07, 6.45) is -0.161.